The van der Waals surface area contributed by atoms with Crippen molar-refractivity contribution in [2.24, 2.45) is 0 Å². The molecule has 8 heteroatoms. The summed E-state index contributed by atoms with van der Waals surface area (Å²) in [4.78, 5) is 25.1. The van der Waals surface area contributed by atoms with Crippen LogP contribution in [0.5, 0.6) is 0 Å². The van der Waals surface area contributed by atoms with Gasteiger partial charge in [-0.1, -0.05) is 6.07 Å². The van der Waals surface area contributed by atoms with Gasteiger partial charge in [0.2, 0.25) is 0 Å². The number of imidazole rings is 1. The van der Waals surface area contributed by atoms with E-state index in [0.29, 0.717) is 11.5 Å². The molecule has 0 radical (unpaired) electrons. The second-order valence-corrected chi connectivity index (χ2v) is 7.26. The molecule has 2 aromatic carbocycles. The van der Waals surface area contributed by atoms with Gasteiger partial charge in [-0.2, -0.15) is 0 Å². The van der Waals surface area contributed by atoms with Gasteiger partial charge in [-0.3, -0.25) is 4.57 Å². The van der Waals surface area contributed by atoms with Crippen LogP contribution in [0.2, 0.25) is 0 Å². The molecule has 8 nitrogen and oxygen atoms in total. The molecule has 0 spiro atoms. The van der Waals surface area contributed by atoms with Crippen molar-refractivity contribution in [3.8, 4) is 5.82 Å². The average Bonchev–Trinajstić information content (AvgIpc) is 3.15. The fourth-order valence-corrected chi connectivity index (χ4v) is 3.29. The van der Waals surface area contributed by atoms with Crippen molar-refractivity contribution in [2.75, 3.05) is 16.0 Å². The summed E-state index contributed by atoms with van der Waals surface area (Å²) in [5, 5.41) is 8.95. The van der Waals surface area contributed by atoms with E-state index in [2.05, 4.69) is 37.0 Å². The number of carbonyl (C=O) groups is 1. The monoisotopic (exact) mass is 413 g/mol. The van der Waals surface area contributed by atoms with Crippen LogP contribution in [-0.4, -0.2) is 25.6 Å². The first kappa shape index (κ1) is 20.1. The Hall–Kier alpha value is -4.20. The van der Waals surface area contributed by atoms with Crippen molar-refractivity contribution in [1.82, 2.24) is 19.5 Å². The highest BCUT2D eigenvalue weighted by molar-refractivity contribution is 5.99. The van der Waals surface area contributed by atoms with E-state index in [1.807, 2.05) is 74.0 Å². The van der Waals surface area contributed by atoms with Gasteiger partial charge < -0.3 is 16.0 Å². The minimum Gasteiger partial charge on any atom is -0.340 e. The fraction of sp³-hybridized carbons (Fsp3) is 0.130. The number of benzene rings is 2. The molecule has 2 aromatic heterocycles. The number of hydrogen-bond acceptors (Lipinski definition) is 5. The summed E-state index contributed by atoms with van der Waals surface area (Å²) >= 11 is 0. The Morgan fingerprint density at radius 3 is 2.16 bits per heavy atom. The van der Waals surface area contributed by atoms with Crippen LogP contribution in [0.3, 0.4) is 0 Å². The van der Waals surface area contributed by atoms with Crippen LogP contribution in [0.25, 0.3) is 5.82 Å². The van der Waals surface area contributed by atoms with Crippen molar-refractivity contribution in [3.05, 3.63) is 84.2 Å². The summed E-state index contributed by atoms with van der Waals surface area (Å²) in [7, 11) is 0. The van der Waals surface area contributed by atoms with Crippen LogP contribution in [0, 0.1) is 20.8 Å². The standard InChI is InChI=1S/C23H23N7O/c1-15-10-16(2)12-20(11-15)29-23(31)28-19-6-4-18(5-7-19)27-21-13-22(26-14-25-21)30-9-8-24-17(30)3/h4-14H,1-3H3,(H,25,26,27)(H2,28,29,31). The van der Waals surface area contributed by atoms with Crippen molar-refractivity contribution >= 4 is 28.9 Å². The third-order valence-corrected chi connectivity index (χ3v) is 4.62. The lowest BCUT2D eigenvalue weighted by molar-refractivity contribution is 0.262. The molecular formula is C23H23N7O. The molecule has 0 aliphatic heterocycles. The van der Waals surface area contributed by atoms with Gasteiger partial charge >= 0.3 is 6.03 Å². The van der Waals surface area contributed by atoms with E-state index in [1.54, 1.807) is 6.20 Å². The zero-order valence-electron chi connectivity index (χ0n) is 17.5. The minimum atomic E-state index is -0.290. The smallest absolute Gasteiger partial charge is 0.323 e. The van der Waals surface area contributed by atoms with E-state index in [9.17, 15) is 4.79 Å². The number of urea groups is 1. The van der Waals surface area contributed by atoms with Crippen LogP contribution < -0.4 is 16.0 Å². The number of nitrogens with one attached hydrogen (secondary N) is 3. The van der Waals surface area contributed by atoms with E-state index in [-0.39, 0.29) is 6.03 Å². The maximum Gasteiger partial charge on any atom is 0.323 e. The van der Waals surface area contributed by atoms with Gasteiger partial charge in [0, 0.05) is 35.5 Å². The molecule has 0 aliphatic rings. The molecule has 0 fully saturated rings. The molecule has 3 N–H and O–H groups in total. The molecule has 4 rings (SSSR count). The highest BCUT2D eigenvalue weighted by Crippen LogP contribution is 2.20. The molecule has 0 unspecified atom stereocenters. The summed E-state index contributed by atoms with van der Waals surface area (Å²) in [6.45, 7) is 5.91. The lowest BCUT2D eigenvalue weighted by Gasteiger charge is -2.11. The summed E-state index contributed by atoms with van der Waals surface area (Å²) in [6.07, 6.45) is 5.09. The lowest BCUT2D eigenvalue weighted by Crippen LogP contribution is -2.19. The summed E-state index contributed by atoms with van der Waals surface area (Å²) in [6, 6.07) is 14.9. The summed E-state index contributed by atoms with van der Waals surface area (Å²) < 4.78 is 1.88. The Labute approximate surface area is 180 Å². The van der Waals surface area contributed by atoms with Gasteiger partial charge in [-0.05, 0) is 68.3 Å². The molecular weight excluding hydrogens is 390 g/mol. The van der Waals surface area contributed by atoms with Gasteiger partial charge in [-0.25, -0.2) is 19.7 Å². The molecule has 31 heavy (non-hydrogen) atoms. The van der Waals surface area contributed by atoms with Crippen molar-refractivity contribution in [1.29, 1.82) is 0 Å². The highest BCUT2D eigenvalue weighted by atomic mass is 16.2. The van der Waals surface area contributed by atoms with E-state index < -0.39 is 0 Å². The van der Waals surface area contributed by atoms with E-state index >= 15 is 0 Å². The Morgan fingerprint density at radius 2 is 1.48 bits per heavy atom. The number of nitrogens with zero attached hydrogens (tertiary/aromatic N) is 4. The number of hydrogen-bond donors (Lipinski definition) is 3. The lowest BCUT2D eigenvalue weighted by atomic mass is 10.1. The number of anilines is 4. The first-order valence-electron chi connectivity index (χ1n) is 9.82. The Morgan fingerprint density at radius 1 is 0.806 bits per heavy atom. The van der Waals surface area contributed by atoms with Gasteiger partial charge in [0.15, 0.2) is 0 Å². The summed E-state index contributed by atoms with van der Waals surface area (Å²) in [5.74, 6) is 2.24. The second kappa shape index (κ2) is 8.66. The molecule has 0 bridgehead atoms. The number of carbonyl (C=O) groups excluding carboxylic acids is 1. The largest absolute Gasteiger partial charge is 0.340 e. The maximum atomic E-state index is 12.3. The third-order valence-electron chi connectivity index (χ3n) is 4.62. The van der Waals surface area contributed by atoms with Gasteiger partial charge in [0.25, 0.3) is 0 Å². The SMILES string of the molecule is Cc1cc(C)cc(NC(=O)Nc2ccc(Nc3cc(-n4ccnc4C)ncn3)cc2)c1. The van der Waals surface area contributed by atoms with Crippen molar-refractivity contribution in [2.45, 2.75) is 20.8 Å². The highest BCUT2D eigenvalue weighted by Gasteiger charge is 2.06. The first-order valence-corrected chi connectivity index (χ1v) is 9.82. The molecule has 4 aromatic rings. The number of aryl methyl sites for hydroxylation is 3. The molecule has 156 valence electrons. The molecule has 0 saturated heterocycles. The molecule has 2 heterocycles. The fourth-order valence-electron chi connectivity index (χ4n) is 3.29. The normalized spacial score (nSPS) is 10.5. The number of amides is 2. The Balaban J connectivity index is 1.39. The first-order chi connectivity index (χ1) is 15.0. The zero-order chi connectivity index (χ0) is 21.8. The number of rotatable bonds is 5. The molecule has 0 atom stereocenters. The van der Waals surface area contributed by atoms with Crippen LogP contribution in [-0.2, 0) is 0 Å². The van der Waals surface area contributed by atoms with Crippen molar-refractivity contribution < 1.29 is 4.79 Å². The third kappa shape index (κ3) is 5.05. The van der Waals surface area contributed by atoms with Gasteiger partial charge in [-0.15, -0.1) is 0 Å². The van der Waals surface area contributed by atoms with Crippen LogP contribution in [0.4, 0.5) is 27.7 Å². The van der Waals surface area contributed by atoms with Crippen LogP contribution in [0.15, 0.2) is 67.3 Å². The maximum absolute atomic E-state index is 12.3. The van der Waals surface area contributed by atoms with E-state index in [1.165, 1.54) is 6.33 Å². The average molecular weight is 413 g/mol. The minimum absolute atomic E-state index is 0.290. The van der Waals surface area contributed by atoms with Crippen LogP contribution in [0.1, 0.15) is 17.0 Å². The van der Waals surface area contributed by atoms with Gasteiger partial charge in [0.1, 0.15) is 23.8 Å². The predicted molar refractivity (Wildman–Crippen MR) is 122 cm³/mol. The van der Waals surface area contributed by atoms with Crippen molar-refractivity contribution in [3.63, 3.8) is 0 Å². The quantitative estimate of drug-likeness (QED) is 0.429. The molecule has 2 amide bonds. The van der Waals surface area contributed by atoms with Crippen LogP contribution >= 0.6 is 0 Å². The van der Waals surface area contributed by atoms with E-state index in [0.717, 1.165) is 34.1 Å². The Bertz CT molecular complexity index is 1190. The Kier molecular flexibility index (Phi) is 5.61. The predicted octanol–water partition coefficient (Wildman–Crippen LogP) is 4.98. The summed E-state index contributed by atoms with van der Waals surface area (Å²) in [5.41, 5.74) is 4.49. The van der Waals surface area contributed by atoms with E-state index in [4.69, 9.17) is 0 Å². The topological polar surface area (TPSA) is 96.8 Å². The molecule has 0 saturated carbocycles. The molecule has 0 aliphatic carbocycles. The number of aromatic nitrogens is 4. The zero-order valence-corrected chi connectivity index (χ0v) is 17.5. The second-order valence-electron chi connectivity index (χ2n) is 7.26. The van der Waals surface area contributed by atoms with Gasteiger partial charge in [0.05, 0.1) is 0 Å².